The topological polar surface area (TPSA) is 307 Å². The van der Waals surface area contributed by atoms with E-state index < -0.39 is 124 Å². The normalized spacial score (nSPS) is 30.6. The maximum absolute atomic E-state index is 13.3. The van der Waals surface area contributed by atoms with Gasteiger partial charge in [-0.1, -0.05) is 170 Å². The van der Waals surface area contributed by atoms with Crippen LogP contribution in [0.2, 0.25) is 0 Å². The van der Waals surface area contributed by atoms with Gasteiger partial charge in [0, 0.05) is 6.42 Å². The predicted octanol–water partition coefficient (Wildman–Crippen LogP) is 5.20. The van der Waals surface area contributed by atoms with Crippen molar-refractivity contribution in [3.05, 3.63) is 85.1 Å². The van der Waals surface area contributed by atoms with E-state index >= 15 is 0 Å². The lowest BCUT2D eigenvalue weighted by Gasteiger charge is -2.48. The molecule has 19 heteroatoms. The molecule has 17 unspecified atom stereocenters. The molecule has 460 valence electrons. The number of ether oxygens (including phenoxy) is 6. The molecule has 12 N–H and O–H groups in total. The van der Waals surface area contributed by atoms with E-state index in [-0.39, 0.29) is 18.9 Å². The van der Waals surface area contributed by atoms with Crippen molar-refractivity contribution in [1.82, 2.24) is 5.32 Å². The molecule has 3 aliphatic rings. The molecule has 0 aromatic heterocycles. The molecule has 3 heterocycles. The largest absolute Gasteiger partial charge is 0.394 e. The standard InChI is InChI=1S/C61H103NO18/c1-3-5-7-9-11-13-15-16-17-18-19-20-21-22-23-24-25-26-27-28-29-31-33-35-37-39-49(67)62-44(45(66)38-36-34-32-30-14-12-10-8-6-4-2)43-75-59-55(73)52(70)57(47(41-64)77-59)80-61-56(74)53(71)58(48(42-65)78-61)79-60-54(72)51(69)50(68)46(40-63)76-60/h5,7,11,13,16-17,19-20,22-23,25-26,36,38,44-48,50-61,63-66,68-74H,3-4,6,8-10,12,14-15,18,21,24,27-35,37,39-43H2,1-2H3,(H,62,67)/b7-5-,13-11-,17-16-,20-19-,23-22-,26-25-,38-36+. The van der Waals surface area contributed by atoms with Crippen molar-refractivity contribution in [2.45, 2.75) is 266 Å². The highest BCUT2D eigenvalue weighted by Gasteiger charge is 2.53. The molecule has 0 aromatic rings. The summed E-state index contributed by atoms with van der Waals surface area (Å²) in [6.45, 7) is 1.54. The molecule has 0 aromatic carbocycles. The minimum absolute atomic E-state index is 0.220. The number of aliphatic hydroxyl groups is 11. The van der Waals surface area contributed by atoms with Crippen molar-refractivity contribution in [3.8, 4) is 0 Å². The lowest BCUT2D eigenvalue weighted by atomic mass is 9.96. The highest BCUT2D eigenvalue weighted by atomic mass is 16.8. The van der Waals surface area contributed by atoms with Crippen LogP contribution >= 0.6 is 0 Å². The first kappa shape index (κ1) is 71.2. The minimum atomic E-state index is -1.98. The summed E-state index contributed by atoms with van der Waals surface area (Å²) >= 11 is 0. The molecule has 0 radical (unpaired) electrons. The van der Waals surface area contributed by atoms with Crippen molar-refractivity contribution in [3.63, 3.8) is 0 Å². The van der Waals surface area contributed by atoms with Crippen LogP contribution in [0.25, 0.3) is 0 Å². The molecule has 80 heavy (non-hydrogen) atoms. The van der Waals surface area contributed by atoms with Gasteiger partial charge in [0.2, 0.25) is 5.91 Å². The number of nitrogens with one attached hydrogen (secondary N) is 1. The monoisotopic (exact) mass is 1140 g/mol. The first-order valence-corrected chi connectivity index (χ1v) is 29.8. The number of rotatable bonds is 42. The Morgan fingerprint density at radius 3 is 1.35 bits per heavy atom. The molecular formula is C61H103NO18. The number of carbonyl (C=O) groups is 1. The number of allylic oxidation sites excluding steroid dienone is 13. The van der Waals surface area contributed by atoms with E-state index in [4.69, 9.17) is 28.4 Å². The Labute approximate surface area is 476 Å². The Morgan fingerprint density at radius 1 is 0.463 bits per heavy atom. The molecule has 17 atom stereocenters. The Kier molecular flexibility index (Phi) is 38.8. The summed E-state index contributed by atoms with van der Waals surface area (Å²) < 4.78 is 34.2. The Bertz CT molecular complexity index is 1790. The summed E-state index contributed by atoms with van der Waals surface area (Å²) in [5.74, 6) is -0.297. The molecule has 3 rings (SSSR count). The third-order valence-electron chi connectivity index (χ3n) is 14.4. The number of hydrogen-bond acceptors (Lipinski definition) is 18. The zero-order chi connectivity index (χ0) is 58.3. The summed E-state index contributed by atoms with van der Waals surface area (Å²) in [5.41, 5.74) is 0. The van der Waals surface area contributed by atoms with Gasteiger partial charge in [-0.3, -0.25) is 4.79 Å². The highest BCUT2D eigenvalue weighted by molar-refractivity contribution is 5.76. The first-order chi connectivity index (χ1) is 38.8. The molecule has 3 saturated heterocycles. The molecule has 0 saturated carbocycles. The van der Waals surface area contributed by atoms with Crippen LogP contribution in [0.1, 0.15) is 162 Å². The molecule has 0 aliphatic carbocycles. The number of amides is 1. The van der Waals surface area contributed by atoms with Gasteiger partial charge in [0.05, 0.1) is 38.6 Å². The molecule has 0 spiro atoms. The quantitative estimate of drug-likeness (QED) is 0.0276. The summed E-state index contributed by atoms with van der Waals surface area (Å²) in [6.07, 6.45) is 25.7. The van der Waals surface area contributed by atoms with E-state index in [1.54, 1.807) is 6.08 Å². The molecular weight excluding hydrogens is 1030 g/mol. The van der Waals surface area contributed by atoms with Crippen LogP contribution in [0.4, 0.5) is 0 Å². The van der Waals surface area contributed by atoms with Crippen LogP contribution in [0.3, 0.4) is 0 Å². The second kappa shape index (κ2) is 43.6. The van der Waals surface area contributed by atoms with E-state index in [2.05, 4.69) is 92.1 Å². The molecule has 3 fully saturated rings. The third-order valence-corrected chi connectivity index (χ3v) is 14.4. The fraction of sp³-hybridized carbons (Fsp3) is 0.754. The van der Waals surface area contributed by atoms with Crippen molar-refractivity contribution in [2.24, 2.45) is 0 Å². The van der Waals surface area contributed by atoms with Crippen molar-refractivity contribution in [2.75, 3.05) is 26.4 Å². The van der Waals surface area contributed by atoms with Gasteiger partial charge < -0.3 is 89.9 Å². The van der Waals surface area contributed by atoms with Gasteiger partial charge in [-0.2, -0.15) is 0 Å². The maximum Gasteiger partial charge on any atom is 0.220 e. The second-order valence-corrected chi connectivity index (χ2v) is 21.1. The van der Waals surface area contributed by atoms with Crippen LogP contribution < -0.4 is 5.32 Å². The smallest absolute Gasteiger partial charge is 0.220 e. The summed E-state index contributed by atoms with van der Waals surface area (Å²) in [6, 6.07) is -0.985. The number of unbranched alkanes of at least 4 members (excludes halogenated alkanes) is 14. The Hall–Kier alpha value is -3.03. The van der Waals surface area contributed by atoms with Gasteiger partial charge in [0.25, 0.3) is 0 Å². The van der Waals surface area contributed by atoms with E-state index in [0.29, 0.717) is 6.42 Å². The van der Waals surface area contributed by atoms with Crippen LogP contribution in [-0.4, -0.2) is 193 Å². The average molecular weight is 1140 g/mol. The number of aliphatic hydroxyl groups excluding tert-OH is 11. The van der Waals surface area contributed by atoms with E-state index in [1.807, 2.05) is 6.08 Å². The van der Waals surface area contributed by atoms with Crippen LogP contribution in [0.15, 0.2) is 85.1 Å². The lowest BCUT2D eigenvalue weighted by molar-refractivity contribution is -0.379. The van der Waals surface area contributed by atoms with Gasteiger partial charge in [0.1, 0.15) is 73.2 Å². The fourth-order valence-corrected chi connectivity index (χ4v) is 9.54. The molecule has 19 nitrogen and oxygen atoms in total. The predicted molar refractivity (Wildman–Crippen MR) is 304 cm³/mol. The SMILES string of the molecule is CC/C=C\C/C=C\C/C=C\C/C=C\C/C=C\C/C=C\CCCCCCCCC(=O)NC(COC1OC(CO)C(OC2OC(CO)C(OC3OC(CO)C(O)C(O)C3O)C(O)C2O)C(O)C1O)C(O)/C=C/CCCCCCCCCC. The maximum atomic E-state index is 13.3. The molecule has 1 amide bonds. The second-order valence-electron chi connectivity index (χ2n) is 21.1. The molecule has 0 bridgehead atoms. The van der Waals surface area contributed by atoms with Gasteiger partial charge >= 0.3 is 0 Å². The first-order valence-electron chi connectivity index (χ1n) is 29.8. The van der Waals surface area contributed by atoms with Gasteiger partial charge in [-0.05, 0) is 70.6 Å². The Morgan fingerprint density at radius 2 is 0.863 bits per heavy atom. The zero-order valence-electron chi connectivity index (χ0n) is 47.8. The van der Waals surface area contributed by atoms with E-state index in [0.717, 1.165) is 103 Å². The van der Waals surface area contributed by atoms with Crippen LogP contribution in [0.5, 0.6) is 0 Å². The van der Waals surface area contributed by atoms with E-state index in [1.165, 1.54) is 32.1 Å². The highest BCUT2D eigenvalue weighted by Crippen LogP contribution is 2.33. The Balaban J connectivity index is 1.46. The molecule has 3 aliphatic heterocycles. The number of hydrogen-bond donors (Lipinski definition) is 12. The van der Waals surface area contributed by atoms with Gasteiger partial charge in [-0.25, -0.2) is 0 Å². The number of carbonyl (C=O) groups excluding carboxylic acids is 1. The summed E-state index contributed by atoms with van der Waals surface area (Å²) in [7, 11) is 0. The van der Waals surface area contributed by atoms with Crippen molar-refractivity contribution < 1.29 is 89.4 Å². The fourth-order valence-electron chi connectivity index (χ4n) is 9.54. The average Bonchev–Trinajstić information content (AvgIpc) is 3.47. The lowest BCUT2D eigenvalue weighted by Crippen LogP contribution is -2.66. The summed E-state index contributed by atoms with van der Waals surface area (Å²) in [5, 5.41) is 120. The minimum Gasteiger partial charge on any atom is -0.394 e. The van der Waals surface area contributed by atoms with Crippen LogP contribution in [0, 0.1) is 0 Å². The zero-order valence-corrected chi connectivity index (χ0v) is 47.8. The van der Waals surface area contributed by atoms with Crippen LogP contribution in [-0.2, 0) is 33.2 Å². The van der Waals surface area contributed by atoms with Gasteiger partial charge in [-0.15, -0.1) is 0 Å². The van der Waals surface area contributed by atoms with E-state index in [9.17, 15) is 61.0 Å². The van der Waals surface area contributed by atoms with Crippen molar-refractivity contribution in [1.29, 1.82) is 0 Å². The third kappa shape index (κ3) is 27.1. The summed E-state index contributed by atoms with van der Waals surface area (Å²) in [4.78, 5) is 13.3. The van der Waals surface area contributed by atoms with Crippen molar-refractivity contribution >= 4 is 5.91 Å². The van der Waals surface area contributed by atoms with Gasteiger partial charge in [0.15, 0.2) is 18.9 Å².